The van der Waals surface area contributed by atoms with Crippen LogP contribution >= 0.6 is 46.5 Å². The van der Waals surface area contributed by atoms with Gasteiger partial charge in [0.15, 0.2) is 8.68 Å². The molecule has 0 saturated heterocycles. The molecule has 154 valence electrons. The molecule has 0 saturated carbocycles. The predicted octanol–water partition coefficient (Wildman–Crippen LogP) is 5.61. The molecule has 0 aliphatic heterocycles. The number of amides is 1. The molecule has 2 aromatic carbocycles. The summed E-state index contributed by atoms with van der Waals surface area (Å²) in [4.78, 5) is 11.9. The second-order valence-electron chi connectivity index (χ2n) is 6.13. The number of hydrogen-bond donors (Lipinski definition) is 1. The lowest BCUT2D eigenvalue weighted by Gasteiger charge is -1.99. The van der Waals surface area contributed by atoms with Gasteiger partial charge in [-0.25, -0.2) is 5.43 Å². The smallest absolute Gasteiger partial charge is 0.250 e. The van der Waals surface area contributed by atoms with Gasteiger partial charge in [0.1, 0.15) is 0 Å². The van der Waals surface area contributed by atoms with E-state index in [4.69, 9.17) is 11.6 Å². The molecule has 3 rings (SSSR count). The van der Waals surface area contributed by atoms with Crippen molar-refractivity contribution in [3.8, 4) is 0 Å². The number of nitrogens with zero attached hydrogens (tertiary/aromatic N) is 3. The van der Waals surface area contributed by atoms with E-state index in [0.29, 0.717) is 5.03 Å². The van der Waals surface area contributed by atoms with Gasteiger partial charge >= 0.3 is 0 Å². The highest BCUT2D eigenvalue weighted by molar-refractivity contribution is 8.03. The van der Waals surface area contributed by atoms with Crippen molar-refractivity contribution < 1.29 is 4.79 Å². The molecule has 1 heterocycles. The van der Waals surface area contributed by atoms with Crippen molar-refractivity contribution in [3.63, 3.8) is 0 Å². The standard InChI is InChI=1S/C21H19ClN4OS3/c1-15-7-9-17(10-8-15)13-28-20-25-26-21(30-20)29-14-19(27)24-23-12-18(22)11-16-5-3-2-4-6-16/h2-12H,13-14H2,1H3,(H,24,27)/b18-11+,23-12+. The molecule has 30 heavy (non-hydrogen) atoms. The summed E-state index contributed by atoms with van der Waals surface area (Å²) in [7, 11) is 0. The molecule has 0 bridgehead atoms. The van der Waals surface area contributed by atoms with Crippen molar-refractivity contribution in [2.75, 3.05) is 5.75 Å². The topological polar surface area (TPSA) is 67.2 Å². The lowest BCUT2D eigenvalue weighted by Crippen LogP contribution is -2.19. The van der Waals surface area contributed by atoms with Crippen molar-refractivity contribution in [2.24, 2.45) is 5.10 Å². The molecule has 0 radical (unpaired) electrons. The average molecular weight is 475 g/mol. The maximum atomic E-state index is 11.9. The quantitative estimate of drug-likeness (QED) is 0.248. The van der Waals surface area contributed by atoms with E-state index in [1.165, 1.54) is 40.4 Å². The molecular weight excluding hydrogens is 456 g/mol. The van der Waals surface area contributed by atoms with Crippen molar-refractivity contribution >= 4 is 64.7 Å². The summed E-state index contributed by atoms with van der Waals surface area (Å²) in [6.45, 7) is 2.07. The molecule has 0 aliphatic rings. The Morgan fingerprint density at radius 2 is 1.80 bits per heavy atom. The first-order valence-electron chi connectivity index (χ1n) is 8.97. The van der Waals surface area contributed by atoms with E-state index in [0.717, 1.165) is 20.0 Å². The number of aryl methyl sites for hydroxylation is 1. The first-order valence-corrected chi connectivity index (χ1v) is 12.1. The molecule has 0 atom stereocenters. The number of thioether (sulfide) groups is 2. The molecule has 1 amide bonds. The number of allylic oxidation sites excluding steroid dienone is 1. The number of hydrogen-bond acceptors (Lipinski definition) is 7. The van der Waals surface area contributed by atoms with Crippen LogP contribution in [0.4, 0.5) is 0 Å². The van der Waals surface area contributed by atoms with Crippen LogP contribution in [-0.4, -0.2) is 28.1 Å². The molecule has 0 aliphatic carbocycles. The van der Waals surface area contributed by atoms with Gasteiger partial charge in [0.2, 0.25) is 0 Å². The van der Waals surface area contributed by atoms with Gasteiger partial charge < -0.3 is 0 Å². The van der Waals surface area contributed by atoms with E-state index >= 15 is 0 Å². The highest BCUT2D eigenvalue weighted by Crippen LogP contribution is 2.30. The number of aromatic nitrogens is 2. The van der Waals surface area contributed by atoms with Crippen molar-refractivity contribution in [2.45, 2.75) is 21.4 Å². The van der Waals surface area contributed by atoms with Crippen LogP contribution in [0.25, 0.3) is 6.08 Å². The van der Waals surface area contributed by atoms with Crippen LogP contribution in [0, 0.1) is 6.92 Å². The number of nitrogens with one attached hydrogen (secondary N) is 1. The average Bonchev–Trinajstić information content (AvgIpc) is 3.20. The minimum atomic E-state index is -0.232. The summed E-state index contributed by atoms with van der Waals surface area (Å²) in [6, 6.07) is 18.1. The zero-order chi connectivity index (χ0) is 21.2. The number of carbonyl (C=O) groups is 1. The minimum Gasteiger partial charge on any atom is -0.272 e. The zero-order valence-corrected chi connectivity index (χ0v) is 19.3. The SMILES string of the molecule is Cc1ccc(CSc2nnc(SCC(=O)N/N=C/C(Cl)=C\c3ccccc3)s2)cc1. The Kier molecular flexibility index (Phi) is 8.95. The Hall–Kier alpha value is -2.13. The van der Waals surface area contributed by atoms with E-state index in [1.807, 2.05) is 30.3 Å². The number of halogens is 1. The van der Waals surface area contributed by atoms with E-state index in [9.17, 15) is 4.79 Å². The Balaban J connectivity index is 1.39. The Morgan fingerprint density at radius 1 is 1.10 bits per heavy atom. The van der Waals surface area contributed by atoms with Crippen molar-refractivity contribution in [1.82, 2.24) is 15.6 Å². The Bertz CT molecular complexity index is 1020. The Labute approximate surface area is 193 Å². The Morgan fingerprint density at radius 3 is 2.53 bits per heavy atom. The van der Waals surface area contributed by atoms with Gasteiger partial charge in [-0.3, -0.25) is 4.79 Å². The van der Waals surface area contributed by atoms with E-state index in [2.05, 4.69) is 51.9 Å². The van der Waals surface area contributed by atoms with E-state index in [1.54, 1.807) is 17.8 Å². The van der Waals surface area contributed by atoms with Crippen molar-refractivity contribution in [1.29, 1.82) is 0 Å². The van der Waals surface area contributed by atoms with Gasteiger partial charge in [-0.1, -0.05) is 107 Å². The summed E-state index contributed by atoms with van der Waals surface area (Å²) in [5, 5.41) is 12.6. The maximum Gasteiger partial charge on any atom is 0.250 e. The van der Waals surface area contributed by atoms with E-state index in [-0.39, 0.29) is 11.7 Å². The molecule has 1 N–H and O–H groups in total. The lowest BCUT2D eigenvalue weighted by molar-refractivity contribution is -0.118. The van der Waals surface area contributed by atoms with Crippen LogP contribution in [0.3, 0.4) is 0 Å². The minimum absolute atomic E-state index is 0.203. The lowest BCUT2D eigenvalue weighted by atomic mass is 10.2. The molecule has 0 unspecified atom stereocenters. The fourth-order valence-electron chi connectivity index (χ4n) is 2.21. The van der Waals surface area contributed by atoms with Crippen LogP contribution in [0.5, 0.6) is 0 Å². The van der Waals surface area contributed by atoms with Gasteiger partial charge in [-0.2, -0.15) is 5.10 Å². The normalized spacial score (nSPS) is 11.7. The summed E-state index contributed by atoms with van der Waals surface area (Å²) in [5.74, 6) is 0.810. The summed E-state index contributed by atoms with van der Waals surface area (Å²) in [6.07, 6.45) is 3.17. The number of rotatable bonds is 9. The molecule has 3 aromatic rings. The second kappa shape index (κ2) is 11.9. The van der Waals surface area contributed by atoms with Gasteiger partial charge in [0.25, 0.3) is 5.91 Å². The first kappa shape index (κ1) is 22.6. The van der Waals surface area contributed by atoms with Gasteiger partial charge in [0, 0.05) is 5.75 Å². The van der Waals surface area contributed by atoms with Gasteiger partial charge in [-0.15, -0.1) is 10.2 Å². The molecule has 1 aromatic heterocycles. The fourth-order valence-corrected chi connectivity index (χ4v) is 5.16. The molecule has 0 fully saturated rings. The highest BCUT2D eigenvalue weighted by atomic mass is 35.5. The van der Waals surface area contributed by atoms with Crippen LogP contribution in [0.15, 0.2) is 73.4 Å². The van der Waals surface area contributed by atoms with Crippen LogP contribution in [-0.2, 0) is 10.5 Å². The van der Waals surface area contributed by atoms with Crippen molar-refractivity contribution in [3.05, 3.63) is 76.3 Å². The molecule has 5 nitrogen and oxygen atoms in total. The summed E-state index contributed by atoms with van der Waals surface area (Å²) >= 11 is 10.5. The first-order chi connectivity index (χ1) is 14.6. The van der Waals surface area contributed by atoms with Crippen LogP contribution in [0.2, 0.25) is 0 Å². The fraction of sp³-hybridized carbons (Fsp3) is 0.143. The third-order valence-electron chi connectivity index (χ3n) is 3.68. The zero-order valence-electron chi connectivity index (χ0n) is 16.1. The maximum absolute atomic E-state index is 11.9. The van der Waals surface area contributed by atoms with Crippen LogP contribution < -0.4 is 5.43 Å². The third-order valence-corrected chi connectivity index (χ3v) is 7.15. The highest BCUT2D eigenvalue weighted by Gasteiger charge is 2.08. The monoisotopic (exact) mass is 474 g/mol. The third kappa shape index (κ3) is 7.95. The molecular formula is C21H19ClN4OS3. The second-order valence-corrected chi connectivity index (χ2v) is 9.99. The van der Waals surface area contributed by atoms with Crippen LogP contribution in [0.1, 0.15) is 16.7 Å². The van der Waals surface area contributed by atoms with Gasteiger partial charge in [-0.05, 0) is 24.1 Å². The largest absolute Gasteiger partial charge is 0.272 e. The summed E-state index contributed by atoms with van der Waals surface area (Å²) < 4.78 is 1.64. The molecule has 9 heteroatoms. The number of hydrazone groups is 1. The number of benzene rings is 2. The number of carbonyl (C=O) groups excluding carboxylic acids is 1. The van der Waals surface area contributed by atoms with Gasteiger partial charge in [0.05, 0.1) is 17.0 Å². The predicted molar refractivity (Wildman–Crippen MR) is 128 cm³/mol. The van der Waals surface area contributed by atoms with E-state index < -0.39 is 0 Å². The molecule has 0 spiro atoms. The summed E-state index contributed by atoms with van der Waals surface area (Å²) in [5.41, 5.74) is 5.91.